The van der Waals surface area contributed by atoms with E-state index in [0.29, 0.717) is 21.2 Å². The summed E-state index contributed by atoms with van der Waals surface area (Å²) in [6, 6.07) is 8.76. The predicted molar refractivity (Wildman–Crippen MR) is 77.4 cm³/mol. The molecular weight excluding hydrogens is 308 g/mol. The molecule has 0 amide bonds. The Kier molecular flexibility index (Phi) is 4.45. The van der Waals surface area contributed by atoms with Gasteiger partial charge in [0, 0.05) is 15.7 Å². The summed E-state index contributed by atoms with van der Waals surface area (Å²) in [5.41, 5.74) is 6.76. The molecule has 1 unspecified atom stereocenters. The van der Waals surface area contributed by atoms with Crippen molar-refractivity contribution in [1.29, 1.82) is 0 Å². The second-order valence-corrected chi connectivity index (χ2v) is 6.17. The molecule has 1 atom stereocenters. The molecule has 2 N–H and O–H groups in total. The van der Waals surface area contributed by atoms with Gasteiger partial charge in [0.2, 0.25) is 0 Å². The van der Waals surface area contributed by atoms with E-state index in [0.717, 1.165) is 0 Å². The summed E-state index contributed by atoms with van der Waals surface area (Å²) >= 11 is 11.8. The van der Waals surface area contributed by atoms with Crippen molar-refractivity contribution in [3.05, 3.63) is 57.8 Å². The molecule has 2 aromatic carbocycles. The summed E-state index contributed by atoms with van der Waals surface area (Å²) in [6.07, 6.45) is 0. The number of hydrogen-bond acceptors (Lipinski definition) is 2. The molecular formula is C13H10Cl2FNOS. The monoisotopic (exact) mass is 317 g/mol. The van der Waals surface area contributed by atoms with Gasteiger partial charge in [-0.15, -0.1) is 0 Å². The summed E-state index contributed by atoms with van der Waals surface area (Å²) in [5.74, 6) is -0.272. The van der Waals surface area contributed by atoms with Gasteiger partial charge in [-0.05, 0) is 35.9 Å². The maximum atomic E-state index is 12.9. The molecule has 0 aromatic heterocycles. The second kappa shape index (κ2) is 5.90. The van der Waals surface area contributed by atoms with Crippen molar-refractivity contribution < 1.29 is 8.60 Å². The lowest BCUT2D eigenvalue weighted by Crippen LogP contribution is -2.01. The van der Waals surface area contributed by atoms with Crippen molar-refractivity contribution in [2.75, 3.05) is 5.73 Å². The van der Waals surface area contributed by atoms with Gasteiger partial charge in [0.1, 0.15) is 5.82 Å². The Bertz CT molecular complexity index is 649. The molecule has 0 fully saturated rings. The molecule has 19 heavy (non-hydrogen) atoms. The van der Waals surface area contributed by atoms with Crippen LogP contribution in [0.25, 0.3) is 0 Å². The van der Waals surface area contributed by atoms with Crippen LogP contribution in [0.4, 0.5) is 10.1 Å². The van der Waals surface area contributed by atoms with Gasteiger partial charge in [-0.1, -0.05) is 29.3 Å². The van der Waals surface area contributed by atoms with E-state index >= 15 is 0 Å². The molecule has 2 rings (SSSR count). The third-order valence-electron chi connectivity index (χ3n) is 2.52. The first-order valence-electron chi connectivity index (χ1n) is 5.34. The number of anilines is 1. The zero-order valence-electron chi connectivity index (χ0n) is 9.70. The van der Waals surface area contributed by atoms with E-state index in [2.05, 4.69) is 0 Å². The quantitative estimate of drug-likeness (QED) is 0.869. The first-order chi connectivity index (χ1) is 8.97. The first kappa shape index (κ1) is 14.3. The Hall–Kier alpha value is -1.10. The van der Waals surface area contributed by atoms with Crippen molar-refractivity contribution >= 4 is 39.7 Å². The zero-order chi connectivity index (χ0) is 14.0. The van der Waals surface area contributed by atoms with Crippen LogP contribution in [0.5, 0.6) is 0 Å². The van der Waals surface area contributed by atoms with E-state index in [1.807, 2.05) is 0 Å². The summed E-state index contributed by atoms with van der Waals surface area (Å²) in [5, 5.41) is 0.705. The molecule has 0 spiro atoms. The van der Waals surface area contributed by atoms with E-state index < -0.39 is 16.6 Å². The van der Waals surface area contributed by atoms with Crippen molar-refractivity contribution in [3.63, 3.8) is 0 Å². The summed E-state index contributed by atoms with van der Waals surface area (Å²) in [7, 11) is -1.39. The second-order valence-electron chi connectivity index (χ2n) is 3.91. The van der Waals surface area contributed by atoms with Crippen molar-refractivity contribution in [3.8, 4) is 0 Å². The number of halogens is 3. The van der Waals surface area contributed by atoms with Gasteiger partial charge in [-0.2, -0.15) is 0 Å². The minimum absolute atomic E-state index is 0.156. The molecule has 2 nitrogen and oxygen atoms in total. The van der Waals surface area contributed by atoms with Crippen LogP contribution in [0.3, 0.4) is 0 Å². The zero-order valence-corrected chi connectivity index (χ0v) is 12.0. The highest BCUT2D eigenvalue weighted by atomic mass is 35.5. The fourth-order valence-electron chi connectivity index (χ4n) is 1.56. The average Bonchev–Trinajstić information content (AvgIpc) is 2.35. The number of nitrogen functional groups attached to an aromatic ring is 1. The van der Waals surface area contributed by atoms with Crippen LogP contribution in [-0.2, 0) is 16.6 Å². The van der Waals surface area contributed by atoms with E-state index in [1.165, 1.54) is 18.2 Å². The molecule has 0 radical (unpaired) electrons. The van der Waals surface area contributed by atoms with Gasteiger partial charge < -0.3 is 5.73 Å². The topological polar surface area (TPSA) is 43.1 Å². The minimum Gasteiger partial charge on any atom is -0.398 e. The Labute approximate surface area is 122 Å². The Morgan fingerprint density at radius 1 is 1.16 bits per heavy atom. The van der Waals surface area contributed by atoms with Crippen LogP contribution in [0.2, 0.25) is 10.0 Å². The highest BCUT2D eigenvalue weighted by molar-refractivity contribution is 7.84. The standard InChI is InChI=1S/C13H10Cl2FNOS/c14-9-2-4-12(17)13(5-9)19(18)7-8-1-3-10(16)6-11(8)15/h1-6H,7,17H2. The summed E-state index contributed by atoms with van der Waals surface area (Å²) in [4.78, 5) is 0.452. The molecule has 0 saturated carbocycles. The van der Waals surface area contributed by atoms with E-state index in [-0.39, 0.29) is 10.8 Å². The average molecular weight is 318 g/mol. The molecule has 6 heteroatoms. The van der Waals surface area contributed by atoms with Gasteiger partial charge in [0.05, 0.1) is 21.4 Å². The lowest BCUT2D eigenvalue weighted by atomic mass is 10.2. The molecule has 100 valence electrons. The van der Waals surface area contributed by atoms with E-state index in [9.17, 15) is 8.60 Å². The minimum atomic E-state index is -1.39. The van der Waals surface area contributed by atoms with Crippen LogP contribution < -0.4 is 5.73 Å². The fraction of sp³-hybridized carbons (Fsp3) is 0.0769. The van der Waals surface area contributed by atoms with E-state index in [4.69, 9.17) is 28.9 Å². The molecule has 2 aromatic rings. The molecule has 0 aliphatic carbocycles. The molecule has 0 aliphatic rings. The maximum absolute atomic E-state index is 12.9. The Morgan fingerprint density at radius 2 is 1.89 bits per heavy atom. The number of benzene rings is 2. The first-order valence-corrected chi connectivity index (χ1v) is 7.42. The maximum Gasteiger partial charge on any atom is 0.124 e. The summed E-state index contributed by atoms with van der Waals surface area (Å²) in [6.45, 7) is 0. The molecule has 0 aliphatic heterocycles. The van der Waals surface area contributed by atoms with Crippen molar-refractivity contribution in [2.24, 2.45) is 0 Å². The Morgan fingerprint density at radius 3 is 2.58 bits per heavy atom. The van der Waals surface area contributed by atoms with E-state index in [1.54, 1.807) is 18.2 Å². The van der Waals surface area contributed by atoms with Gasteiger partial charge in [0.25, 0.3) is 0 Å². The number of hydrogen-bond donors (Lipinski definition) is 1. The van der Waals surface area contributed by atoms with Crippen LogP contribution in [0.15, 0.2) is 41.3 Å². The molecule has 0 heterocycles. The number of nitrogens with two attached hydrogens (primary N) is 1. The third kappa shape index (κ3) is 3.47. The van der Waals surface area contributed by atoms with Crippen molar-refractivity contribution in [2.45, 2.75) is 10.6 Å². The highest BCUT2D eigenvalue weighted by Gasteiger charge is 2.12. The van der Waals surface area contributed by atoms with Gasteiger partial charge in [-0.25, -0.2) is 4.39 Å². The smallest absolute Gasteiger partial charge is 0.124 e. The number of rotatable bonds is 3. The normalized spacial score (nSPS) is 12.4. The molecule has 0 saturated heterocycles. The van der Waals surface area contributed by atoms with Gasteiger partial charge in [0.15, 0.2) is 0 Å². The van der Waals surface area contributed by atoms with Crippen LogP contribution in [0, 0.1) is 5.82 Å². The predicted octanol–water partition coefficient (Wildman–Crippen LogP) is 4.02. The lowest BCUT2D eigenvalue weighted by Gasteiger charge is -2.08. The fourth-order valence-corrected chi connectivity index (χ4v) is 3.39. The van der Waals surface area contributed by atoms with Crippen LogP contribution >= 0.6 is 23.2 Å². The van der Waals surface area contributed by atoms with Crippen LogP contribution in [0.1, 0.15) is 5.56 Å². The van der Waals surface area contributed by atoms with Crippen molar-refractivity contribution in [1.82, 2.24) is 0 Å². The third-order valence-corrected chi connectivity index (χ3v) is 4.53. The van der Waals surface area contributed by atoms with Gasteiger partial charge >= 0.3 is 0 Å². The van der Waals surface area contributed by atoms with Crippen LogP contribution in [-0.4, -0.2) is 4.21 Å². The van der Waals surface area contributed by atoms with Gasteiger partial charge in [-0.3, -0.25) is 4.21 Å². The largest absolute Gasteiger partial charge is 0.398 e. The lowest BCUT2D eigenvalue weighted by molar-refractivity contribution is 0.627. The highest BCUT2D eigenvalue weighted by Crippen LogP contribution is 2.25. The Balaban J connectivity index is 2.28. The summed E-state index contributed by atoms with van der Waals surface area (Å²) < 4.78 is 25.2. The SMILES string of the molecule is Nc1ccc(Cl)cc1S(=O)Cc1ccc(F)cc1Cl. The molecule has 0 bridgehead atoms.